The van der Waals surface area contributed by atoms with Crippen LogP contribution in [0.2, 0.25) is 0 Å². The van der Waals surface area contributed by atoms with E-state index in [9.17, 15) is 25.2 Å². The third-order valence-electron chi connectivity index (χ3n) is 3.10. The molecular formula is C16H10F6IPS2. The first kappa shape index (κ1) is 19.9. The molecular weight excluding hydrogens is 528 g/mol. The zero-order valence-electron chi connectivity index (χ0n) is 12.7. The van der Waals surface area contributed by atoms with Crippen molar-refractivity contribution < 1.29 is 46.4 Å². The van der Waals surface area contributed by atoms with E-state index >= 15 is 0 Å². The summed E-state index contributed by atoms with van der Waals surface area (Å²) in [5.74, 6) is 0. The first-order chi connectivity index (χ1) is 11.9. The summed E-state index contributed by atoms with van der Waals surface area (Å²) in [5.41, 5.74) is 0. The molecule has 4 rings (SSSR count). The van der Waals surface area contributed by atoms with Crippen molar-refractivity contribution in [2.24, 2.45) is 0 Å². The second kappa shape index (κ2) is 6.32. The minimum atomic E-state index is -10.7. The van der Waals surface area contributed by atoms with Gasteiger partial charge in [-0.05, 0) is 22.9 Å². The Hall–Kier alpha value is -0.900. The maximum Gasteiger partial charge on any atom is 0.383 e. The number of rotatable bonds is 2. The van der Waals surface area contributed by atoms with E-state index in [1.165, 1.54) is 21.5 Å². The zero-order chi connectivity index (χ0) is 19.1. The second-order valence-electron chi connectivity index (χ2n) is 5.25. The van der Waals surface area contributed by atoms with Gasteiger partial charge >= 0.3 is 54.2 Å². The van der Waals surface area contributed by atoms with Gasteiger partial charge in [-0.2, -0.15) is 0 Å². The van der Waals surface area contributed by atoms with Gasteiger partial charge in [-0.25, -0.2) is 0 Å². The summed E-state index contributed by atoms with van der Waals surface area (Å²) >= 11 is 3.79. The monoisotopic (exact) mass is 538 g/mol. The standard InChI is InChI=1S/C16H10IS2.F6P/c1-3-7-13-11(5-1)9-18-15(13)17-16-14-8-4-2-6-12(14)10-19-16;1-7(2,3,4,5)6/h1-10H;/q+1;-1. The molecule has 0 spiro atoms. The van der Waals surface area contributed by atoms with Crippen molar-refractivity contribution in [1.82, 2.24) is 0 Å². The maximum atomic E-state index is 9.87. The molecule has 0 bridgehead atoms. The Balaban J connectivity index is 0.000000242. The van der Waals surface area contributed by atoms with Gasteiger partial charge in [0.05, 0.1) is 0 Å². The molecule has 0 aliphatic carbocycles. The van der Waals surface area contributed by atoms with Gasteiger partial charge in [0.1, 0.15) is 0 Å². The van der Waals surface area contributed by atoms with Crippen LogP contribution in [0.1, 0.15) is 0 Å². The van der Waals surface area contributed by atoms with Crippen LogP contribution < -0.4 is 21.2 Å². The molecule has 26 heavy (non-hydrogen) atoms. The average molecular weight is 538 g/mol. The molecule has 0 atom stereocenters. The van der Waals surface area contributed by atoms with Gasteiger partial charge in [0, 0.05) is 21.5 Å². The van der Waals surface area contributed by atoms with Crippen molar-refractivity contribution in [2.75, 3.05) is 0 Å². The minimum absolute atomic E-state index is 0.0635. The van der Waals surface area contributed by atoms with Crippen LogP contribution in [0, 0.1) is 5.77 Å². The van der Waals surface area contributed by atoms with Crippen LogP contribution in [0.15, 0.2) is 59.3 Å². The molecule has 4 aromatic rings. The quantitative estimate of drug-likeness (QED) is 0.177. The fourth-order valence-electron chi connectivity index (χ4n) is 2.14. The summed E-state index contributed by atoms with van der Waals surface area (Å²) in [6.45, 7) is 0. The molecule has 0 radical (unpaired) electrons. The van der Waals surface area contributed by atoms with Gasteiger partial charge in [-0.15, -0.1) is 0 Å². The van der Waals surface area contributed by atoms with Gasteiger partial charge in [-0.1, -0.05) is 59.1 Å². The molecule has 0 nitrogen and oxygen atoms in total. The summed E-state index contributed by atoms with van der Waals surface area (Å²) in [6.07, 6.45) is 0. The van der Waals surface area contributed by atoms with Crippen LogP contribution in [0.25, 0.3) is 21.5 Å². The summed E-state index contributed by atoms with van der Waals surface area (Å²) in [6, 6.07) is 17.5. The number of hydrogen-bond acceptors (Lipinski definition) is 2. The van der Waals surface area contributed by atoms with Crippen LogP contribution in [-0.2, 0) is 0 Å². The van der Waals surface area contributed by atoms with Crippen molar-refractivity contribution in [1.29, 1.82) is 0 Å². The third-order valence-corrected chi connectivity index (χ3v) is 9.40. The van der Waals surface area contributed by atoms with Crippen molar-refractivity contribution in [3.63, 3.8) is 0 Å². The van der Waals surface area contributed by atoms with Crippen molar-refractivity contribution in [3.8, 4) is 0 Å². The van der Waals surface area contributed by atoms with Gasteiger partial charge in [0.15, 0.2) is 0 Å². The predicted octanol–water partition coefficient (Wildman–Crippen LogP) is 5.63. The first-order valence-corrected chi connectivity index (χ1v) is 12.9. The molecule has 0 aliphatic rings. The first-order valence-electron chi connectivity index (χ1n) is 7.00. The smallest absolute Gasteiger partial charge is 0.0950 e. The molecule has 0 N–H and O–H groups in total. The van der Waals surface area contributed by atoms with E-state index in [1.807, 2.05) is 22.7 Å². The third kappa shape index (κ3) is 6.07. The Morgan fingerprint density at radius 2 is 0.962 bits per heavy atom. The van der Waals surface area contributed by atoms with E-state index in [2.05, 4.69) is 59.3 Å². The second-order valence-corrected chi connectivity index (χ2v) is 13.1. The topological polar surface area (TPSA) is 0 Å². The molecule has 0 saturated heterocycles. The molecule has 10 heteroatoms. The summed E-state index contributed by atoms with van der Waals surface area (Å²) in [5, 5.41) is 10.3. The van der Waals surface area contributed by atoms with E-state index in [0.29, 0.717) is 0 Å². The molecule has 2 aromatic carbocycles. The van der Waals surface area contributed by atoms with Crippen molar-refractivity contribution >= 4 is 52.0 Å². The van der Waals surface area contributed by atoms with E-state index in [1.54, 1.807) is 5.77 Å². The molecule has 140 valence electrons. The SMILES string of the molecule is F[P-](F)(F)(F)(F)F.c1ccc2c([I+]c3scc4ccccc34)scc2c1. The van der Waals surface area contributed by atoms with Crippen LogP contribution in [-0.4, -0.2) is 0 Å². The number of hydrogen-bond donors (Lipinski definition) is 0. The summed E-state index contributed by atoms with van der Waals surface area (Å²) in [4.78, 5) is 0. The van der Waals surface area contributed by atoms with Crippen LogP contribution in [0.4, 0.5) is 25.2 Å². The number of benzene rings is 2. The van der Waals surface area contributed by atoms with E-state index in [0.717, 1.165) is 0 Å². The Morgan fingerprint density at radius 3 is 1.35 bits per heavy atom. The van der Waals surface area contributed by atoms with Gasteiger partial charge in [0.2, 0.25) is 0 Å². The fraction of sp³-hybridized carbons (Fsp3) is 0. The number of thiophene rings is 2. The van der Waals surface area contributed by atoms with Crippen LogP contribution in [0.5, 0.6) is 0 Å². The van der Waals surface area contributed by atoms with Crippen LogP contribution >= 0.6 is 30.5 Å². The van der Waals surface area contributed by atoms with Gasteiger partial charge < -0.3 is 0 Å². The predicted molar refractivity (Wildman–Crippen MR) is 94.6 cm³/mol. The van der Waals surface area contributed by atoms with Crippen molar-refractivity contribution in [2.45, 2.75) is 0 Å². The molecule has 0 saturated carbocycles. The molecule has 0 aliphatic heterocycles. The normalized spacial score (nSPS) is 14.5. The Bertz CT molecular complexity index is 986. The average Bonchev–Trinajstić information content (AvgIpc) is 3.10. The Morgan fingerprint density at radius 1 is 0.615 bits per heavy atom. The molecule has 0 amide bonds. The Labute approximate surface area is 163 Å². The molecule has 0 unspecified atom stereocenters. The Kier molecular flexibility index (Phi) is 4.83. The summed E-state index contributed by atoms with van der Waals surface area (Å²) < 4.78 is 62.4. The number of halogens is 7. The van der Waals surface area contributed by atoms with E-state index in [-0.39, 0.29) is 21.2 Å². The molecule has 0 fully saturated rings. The number of fused-ring (bicyclic) bond motifs is 2. The fourth-order valence-corrected chi connectivity index (χ4v) is 8.62. The largest absolute Gasteiger partial charge is 0.383 e. The van der Waals surface area contributed by atoms with Crippen LogP contribution in [0.3, 0.4) is 0 Å². The minimum Gasteiger partial charge on any atom is -0.0950 e. The van der Waals surface area contributed by atoms with E-state index < -0.39 is 7.81 Å². The van der Waals surface area contributed by atoms with Gasteiger partial charge in [-0.3, -0.25) is 0 Å². The molecule has 2 heterocycles. The zero-order valence-corrected chi connectivity index (χ0v) is 17.4. The molecule has 2 aromatic heterocycles. The van der Waals surface area contributed by atoms with E-state index in [4.69, 9.17) is 0 Å². The van der Waals surface area contributed by atoms with Crippen molar-refractivity contribution in [3.05, 3.63) is 65.1 Å². The summed E-state index contributed by atoms with van der Waals surface area (Å²) in [7, 11) is -10.7. The maximum absolute atomic E-state index is 10.7. The van der Waals surface area contributed by atoms with Gasteiger partial charge in [0.25, 0.3) is 5.77 Å².